The molecule has 0 aromatic heterocycles. The first-order chi connectivity index (χ1) is 12.7. The number of esters is 1. The molecular weight excluding hydrogens is 374 g/mol. The smallest absolute Gasteiger partial charge is 0.332 e. The van der Waals surface area contributed by atoms with Gasteiger partial charge in [0.2, 0.25) is 0 Å². The van der Waals surface area contributed by atoms with E-state index in [2.05, 4.69) is 4.28 Å². The SMILES string of the molecule is Cc1cccc(OC(=O)C(C)S(=O)(=O)ON2C(=O)c3ccccc3C2=O)c1. The lowest BCUT2D eigenvalue weighted by Crippen LogP contribution is -2.39. The van der Waals surface area contributed by atoms with Gasteiger partial charge in [0.05, 0.1) is 11.1 Å². The molecule has 0 bridgehead atoms. The van der Waals surface area contributed by atoms with E-state index in [1.165, 1.54) is 30.3 Å². The van der Waals surface area contributed by atoms with E-state index in [-0.39, 0.29) is 21.9 Å². The monoisotopic (exact) mass is 389 g/mol. The standard InChI is InChI=1S/C18H15NO7S/c1-11-6-5-7-13(10-11)25-18(22)12(2)27(23,24)26-19-16(20)14-8-3-4-9-15(14)17(19)21/h3-10,12H,1-2H3. The molecule has 1 unspecified atom stereocenters. The average Bonchev–Trinajstić information content (AvgIpc) is 2.86. The Bertz CT molecular complexity index is 1010. The molecular formula is C18H15NO7S. The molecule has 0 fully saturated rings. The van der Waals surface area contributed by atoms with Crippen LogP contribution < -0.4 is 4.74 Å². The van der Waals surface area contributed by atoms with Crippen LogP contribution in [0.1, 0.15) is 33.2 Å². The van der Waals surface area contributed by atoms with Crippen LogP contribution in [0.15, 0.2) is 48.5 Å². The number of carbonyl (C=O) groups excluding carboxylic acids is 3. The van der Waals surface area contributed by atoms with Gasteiger partial charge in [-0.05, 0) is 43.7 Å². The predicted octanol–water partition coefficient (Wildman–Crippen LogP) is 1.85. The van der Waals surface area contributed by atoms with Crippen LogP contribution in [0.3, 0.4) is 0 Å². The van der Waals surface area contributed by atoms with Crippen LogP contribution in [0.25, 0.3) is 0 Å². The second-order valence-corrected chi connectivity index (χ2v) is 7.74. The first kappa shape index (κ1) is 18.7. The van der Waals surface area contributed by atoms with E-state index in [1.807, 2.05) is 0 Å². The van der Waals surface area contributed by atoms with Crippen molar-refractivity contribution in [2.75, 3.05) is 0 Å². The quantitative estimate of drug-likeness (QED) is 0.436. The summed E-state index contributed by atoms with van der Waals surface area (Å²) in [5.74, 6) is -2.77. The Hall–Kier alpha value is -3.04. The van der Waals surface area contributed by atoms with E-state index in [0.717, 1.165) is 12.5 Å². The van der Waals surface area contributed by atoms with Crippen LogP contribution in [0.2, 0.25) is 0 Å². The van der Waals surface area contributed by atoms with Crippen molar-refractivity contribution in [1.29, 1.82) is 0 Å². The number of aryl methyl sites for hydroxylation is 1. The summed E-state index contributed by atoms with van der Waals surface area (Å²) in [4.78, 5) is 36.6. The largest absolute Gasteiger partial charge is 0.426 e. The molecule has 1 aliphatic rings. The lowest BCUT2D eigenvalue weighted by atomic mass is 10.1. The van der Waals surface area contributed by atoms with E-state index in [9.17, 15) is 22.8 Å². The van der Waals surface area contributed by atoms with Gasteiger partial charge in [0.25, 0.3) is 11.8 Å². The lowest BCUT2D eigenvalue weighted by molar-refractivity contribution is -0.134. The van der Waals surface area contributed by atoms with Crippen LogP contribution in [0.4, 0.5) is 0 Å². The third-order valence-corrected chi connectivity index (χ3v) is 5.32. The Balaban J connectivity index is 1.76. The fourth-order valence-electron chi connectivity index (χ4n) is 2.40. The highest BCUT2D eigenvalue weighted by molar-refractivity contribution is 7.88. The molecule has 8 nitrogen and oxygen atoms in total. The average molecular weight is 389 g/mol. The zero-order valence-electron chi connectivity index (χ0n) is 14.4. The Morgan fingerprint density at radius 1 is 1.00 bits per heavy atom. The van der Waals surface area contributed by atoms with Crippen molar-refractivity contribution in [1.82, 2.24) is 5.06 Å². The van der Waals surface area contributed by atoms with Gasteiger partial charge in [-0.25, -0.2) is 0 Å². The summed E-state index contributed by atoms with van der Waals surface area (Å²) >= 11 is 0. The molecule has 1 atom stereocenters. The molecule has 2 amide bonds. The van der Waals surface area contributed by atoms with Crippen LogP contribution in [-0.4, -0.2) is 36.5 Å². The Morgan fingerprint density at radius 3 is 2.15 bits per heavy atom. The maximum absolute atomic E-state index is 12.4. The molecule has 2 aromatic rings. The molecule has 27 heavy (non-hydrogen) atoms. The number of hydroxylamine groups is 2. The number of fused-ring (bicyclic) bond motifs is 1. The van der Waals surface area contributed by atoms with Gasteiger partial charge in [0, 0.05) is 0 Å². The van der Waals surface area contributed by atoms with Crippen LogP contribution in [0.5, 0.6) is 5.75 Å². The van der Waals surface area contributed by atoms with E-state index in [1.54, 1.807) is 25.1 Å². The molecule has 0 saturated carbocycles. The zero-order valence-corrected chi connectivity index (χ0v) is 15.2. The van der Waals surface area contributed by atoms with Crippen LogP contribution in [-0.2, 0) is 19.2 Å². The summed E-state index contributed by atoms with van der Waals surface area (Å²) in [5, 5.41) is -1.63. The molecule has 0 aliphatic carbocycles. The molecule has 3 rings (SSSR count). The van der Waals surface area contributed by atoms with Gasteiger partial charge in [-0.2, -0.15) is 8.42 Å². The fourth-order valence-corrected chi connectivity index (χ4v) is 3.16. The van der Waals surface area contributed by atoms with Gasteiger partial charge < -0.3 is 4.74 Å². The summed E-state index contributed by atoms with van der Waals surface area (Å²) in [6.07, 6.45) is 0. The summed E-state index contributed by atoms with van der Waals surface area (Å²) < 4.78 is 34.4. The number of hydrogen-bond donors (Lipinski definition) is 0. The lowest BCUT2D eigenvalue weighted by Gasteiger charge is -2.16. The number of ether oxygens (including phenoxy) is 1. The minimum Gasteiger partial charge on any atom is -0.426 e. The fraction of sp³-hybridized carbons (Fsp3) is 0.167. The highest BCUT2D eigenvalue weighted by atomic mass is 32.2. The molecule has 0 saturated heterocycles. The summed E-state index contributed by atoms with van der Waals surface area (Å²) in [6.45, 7) is 2.83. The number of imide groups is 1. The van der Waals surface area contributed by atoms with Crippen molar-refractivity contribution in [2.45, 2.75) is 19.1 Å². The maximum atomic E-state index is 12.4. The van der Waals surface area contributed by atoms with Crippen LogP contribution in [0, 0.1) is 6.92 Å². The van der Waals surface area contributed by atoms with E-state index in [0.29, 0.717) is 0 Å². The molecule has 0 radical (unpaired) electrons. The van der Waals surface area contributed by atoms with Crippen molar-refractivity contribution in [3.8, 4) is 5.75 Å². The Labute approximate surface area is 155 Å². The maximum Gasteiger partial charge on any atom is 0.332 e. The highest BCUT2D eigenvalue weighted by Gasteiger charge is 2.42. The van der Waals surface area contributed by atoms with Gasteiger partial charge in [-0.1, -0.05) is 24.3 Å². The van der Waals surface area contributed by atoms with Crippen LogP contribution >= 0.6 is 0 Å². The van der Waals surface area contributed by atoms with Crippen molar-refractivity contribution in [3.63, 3.8) is 0 Å². The highest BCUT2D eigenvalue weighted by Crippen LogP contribution is 2.25. The van der Waals surface area contributed by atoms with Crippen molar-refractivity contribution in [3.05, 3.63) is 65.2 Å². The van der Waals surface area contributed by atoms with E-state index >= 15 is 0 Å². The minimum atomic E-state index is -4.65. The number of rotatable bonds is 5. The van der Waals surface area contributed by atoms with Crippen molar-refractivity contribution < 1.29 is 31.8 Å². The van der Waals surface area contributed by atoms with Gasteiger partial charge in [0.15, 0.2) is 5.25 Å². The molecule has 140 valence electrons. The molecule has 0 N–H and O–H groups in total. The normalized spacial score (nSPS) is 14.8. The van der Waals surface area contributed by atoms with Gasteiger partial charge in [0.1, 0.15) is 5.75 Å². The summed E-state index contributed by atoms with van der Waals surface area (Å²) in [5.41, 5.74) is 0.860. The predicted molar refractivity (Wildman–Crippen MR) is 93.2 cm³/mol. The summed E-state index contributed by atoms with van der Waals surface area (Å²) in [6, 6.07) is 12.3. The van der Waals surface area contributed by atoms with Gasteiger partial charge in [-0.15, -0.1) is 9.35 Å². The third kappa shape index (κ3) is 3.60. The first-order valence-electron chi connectivity index (χ1n) is 7.90. The number of benzene rings is 2. The Kier molecular flexibility index (Phi) is 4.81. The second-order valence-electron chi connectivity index (χ2n) is 5.90. The van der Waals surface area contributed by atoms with E-state index < -0.39 is 33.2 Å². The number of carbonyl (C=O) groups is 3. The molecule has 2 aromatic carbocycles. The van der Waals surface area contributed by atoms with Gasteiger partial charge in [-0.3, -0.25) is 14.4 Å². The summed E-state index contributed by atoms with van der Waals surface area (Å²) in [7, 11) is -4.65. The van der Waals surface area contributed by atoms with Crippen molar-refractivity contribution in [2.24, 2.45) is 0 Å². The van der Waals surface area contributed by atoms with Gasteiger partial charge >= 0.3 is 16.1 Å². The second kappa shape index (κ2) is 6.93. The van der Waals surface area contributed by atoms with Crippen molar-refractivity contribution >= 4 is 27.9 Å². The number of hydrogen-bond acceptors (Lipinski definition) is 7. The van der Waals surface area contributed by atoms with E-state index in [4.69, 9.17) is 4.74 Å². The Morgan fingerprint density at radius 2 is 1.59 bits per heavy atom. The first-order valence-corrected chi connectivity index (χ1v) is 9.37. The zero-order chi connectivity index (χ0) is 19.8. The number of amides is 2. The molecule has 1 heterocycles. The number of nitrogens with zero attached hydrogens (tertiary/aromatic N) is 1. The molecule has 9 heteroatoms. The third-order valence-electron chi connectivity index (χ3n) is 3.91. The topological polar surface area (TPSA) is 107 Å². The molecule has 0 spiro atoms. The molecule has 1 aliphatic heterocycles. The minimum absolute atomic E-state index is 0.0210.